The zero-order valence-corrected chi connectivity index (χ0v) is 14.9. The molecule has 1 unspecified atom stereocenters. The highest BCUT2D eigenvalue weighted by Gasteiger charge is 2.39. The van der Waals surface area contributed by atoms with Crippen LogP contribution in [0, 0.1) is 0 Å². The average Bonchev–Trinajstić information content (AvgIpc) is 2.32. The fourth-order valence-electron chi connectivity index (χ4n) is 2.53. The summed E-state index contributed by atoms with van der Waals surface area (Å²) in [5, 5.41) is 0.701. The van der Waals surface area contributed by atoms with Gasteiger partial charge in [-0.15, -0.1) is 0 Å². The second-order valence-electron chi connectivity index (χ2n) is 4.92. The molecule has 5 heteroatoms. The van der Waals surface area contributed by atoms with E-state index in [1.165, 1.54) is 6.42 Å². The molecule has 106 valence electrons. The lowest BCUT2D eigenvalue weighted by Gasteiger charge is -2.42. The minimum Gasteiger partial charge on any atom is -0.495 e. The Bertz CT molecular complexity index is 455. The van der Waals surface area contributed by atoms with Crippen LogP contribution < -0.4 is 4.74 Å². The first-order chi connectivity index (χ1) is 9.01. The van der Waals surface area contributed by atoms with E-state index in [0.29, 0.717) is 5.02 Å². The Hall–Kier alpha value is 0.230. The van der Waals surface area contributed by atoms with Crippen LogP contribution in [0.1, 0.15) is 36.1 Å². The fraction of sp³-hybridized carbons (Fsp3) is 0.571. The van der Waals surface area contributed by atoms with E-state index in [1.807, 2.05) is 12.1 Å². The van der Waals surface area contributed by atoms with Crippen LogP contribution in [0.2, 0.25) is 5.02 Å². The summed E-state index contributed by atoms with van der Waals surface area (Å²) in [5.74, 6) is 0.830. The van der Waals surface area contributed by atoms with Crippen LogP contribution in [0.4, 0.5) is 0 Å². The fourth-order valence-corrected chi connectivity index (χ4v) is 4.45. The number of ether oxygens (including phenoxy) is 2. The lowest BCUT2D eigenvalue weighted by Crippen LogP contribution is -2.39. The lowest BCUT2D eigenvalue weighted by molar-refractivity contribution is -0.0773. The molecule has 1 fully saturated rings. The Labute approximate surface area is 136 Å². The number of hydrogen-bond acceptors (Lipinski definition) is 2. The van der Waals surface area contributed by atoms with Crippen molar-refractivity contribution in [1.29, 1.82) is 0 Å². The summed E-state index contributed by atoms with van der Waals surface area (Å²) in [5.41, 5.74) is 1.07. The van der Waals surface area contributed by atoms with Crippen LogP contribution in [0.15, 0.2) is 16.6 Å². The van der Waals surface area contributed by atoms with Crippen molar-refractivity contribution in [2.24, 2.45) is 0 Å². The molecule has 0 heterocycles. The second-order valence-corrected chi connectivity index (χ2v) is 7.32. The van der Waals surface area contributed by atoms with Gasteiger partial charge >= 0.3 is 0 Å². The first-order valence-corrected chi connectivity index (χ1v) is 8.32. The predicted octanol–water partition coefficient (Wildman–Crippen LogP) is 5.51. The van der Waals surface area contributed by atoms with Gasteiger partial charge in [-0.3, -0.25) is 0 Å². The van der Waals surface area contributed by atoms with Gasteiger partial charge < -0.3 is 9.47 Å². The minimum absolute atomic E-state index is 0.00791. The highest BCUT2D eigenvalue weighted by Crippen LogP contribution is 2.47. The molecular formula is C14H17Br2ClO2. The second kappa shape index (κ2) is 6.33. The van der Waals surface area contributed by atoms with E-state index in [-0.39, 0.29) is 10.4 Å². The molecule has 1 aliphatic carbocycles. The largest absolute Gasteiger partial charge is 0.495 e. The summed E-state index contributed by atoms with van der Waals surface area (Å²) in [6.07, 6.45) is 4.40. The summed E-state index contributed by atoms with van der Waals surface area (Å²) in [6.45, 7) is 0. The Morgan fingerprint density at radius 3 is 2.53 bits per heavy atom. The summed E-state index contributed by atoms with van der Waals surface area (Å²) < 4.78 is 12.0. The van der Waals surface area contributed by atoms with Crippen LogP contribution in [-0.2, 0) is 4.74 Å². The number of hydrogen-bond donors (Lipinski definition) is 0. The van der Waals surface area contributed by atoms with Gasteiger partial charge in [0.2, 0.25) is 0 Å². The normalized spacial score (nSPS) is 18.8. The monoisotopic (exact) mass is 410 g/mol. The molecule has 2 nitrogen and oxygen atoms in total. The van der Waals surface area contributed by atoms with Crippen molar-refractivity contribution in [3.63, 3.8) is 0 Å². The molecular weight excluding hydrogens is 395 g/mol. The molecule has 0 aliphatic heterocycles. The number of rotatable bonds is 5. The molecule has 1 aromatic rings. The molecule has 0 bridgehead atoms. The van der Waals surface area contributed by atoms with E-state index in [1.54, 1.807) is 14.2 Å². The summed E-state index contributed by atoms with van der Waals surface area (Å²) in [4.78, 5) is 0.165. The van der Waals surface area contributed by atoms with E-state index in [2.05, 4.69) is 31.9 Å². The molecule has 0 N–H and O–H groups in total. The van der Waals surface area contributed by atoms with Crippen molar-refractivity contribution in [2.75, 3.05) is 14.2 Å². The van der Waals surface area contributed by atoms with Gasteiger partial charge in [0, 0.05) is 22.5 Å². The van der Waals surface area contributed by atoms with Crippen molar-refractivity contribution in [2.45, 2.75) is 36.1 Å². The summed E-state index contributed by atoms with van der Waals surface area (Å²) in [6, 6.07) is 3.80. The van der Waals surface area contributed by atoms with Crippen molar-refractivity contribution >= 4 is 43.5 Å². The average molecular weight is 413 g/mol. The topological polar surface area (TPSA) is 18.5 Å². The van der Waals surface area contributed by atoms with Crippen molar-refractivity contribution in [3.05, 3.63) is 27.2 Å². The van der Waals surface area contributed by atoms with Crippen molar-refractivity contribution in [3.8, 4) is 5.75 Å². The van der Waals surface area contributed by atoms with Gasteiger partial charge in [-0.25, -0.2) is 0 Å². The molecule has 0 spiro atoms. The Morgan fingerprint density at radius 2 is 2.05 bits per heavy atom. The molecule has 1 aliphatic rings. The molecule has 0 aromatic heterocycles. The minimum atomic E-state index is 0.00791. The highest BCUT2D eigenvalue weighted by atomic mass is 79.9. The highest BCUT2D eigenvalue weighted by molar-refractivity contribution is 9.10. The van der Waals surface area contributed by atoms with Crippen LogP contribution in [0.3, 0.4) is 0 Å². The van der Waals surface area contributed by atoms with Gasteiger partial charge in [0.1, 0.15) is 5.75 Å². The van der Waals surface area contributed by atoms with Gasteiger partial charge in [-0.1, -0.05) is 27.5 Å². The molecule has 0 radical (unpaired) electrons. The third kappa shape index (κ3) is 3.29. The van der Waals surface area contributed by atoms with Crippen molar-refractivity contribution in [1.82, 2.24) is 0 Å². The third-order valence-corrected chi connectivity index (χ3v) is 5.45. The molecule has 1 saturated carbocycles. The van der Waals surface area contributed by atoms with Crippen LogP contribution >= 0.6 is 43.5 Å². The molecule has 19 heavy (non-hydrogen) atoms. The smallest absolute Gasteiger partial charge is 0.137 e. The number of methoxy groups -OCH3 is 2. The zero-order chi connectivity index (χ0) is 14.0. The van der Waals surface area contributed by atoms with Gasteiger partial charge in [-0.05, 0) is 53.7 Å². The maximum absolute atomic E-state index is 6.14. The van der Waals surface area contributed by atoms with E-state index in [9.17, 15) is 0 Å². The Morgan fingerprint density at radius 1 is 1.37 bits per heavy atom. The van der Waals surface area contributed by atoms with E-state index in [0.717, 1.165) is 35.0 Å². The lowest BCUT2D eigenvalue weighted by atomic mass is 9.76. The Balaban J connectivity index is 2.25. The van der Waals surface area contributed by atoms with Gasteiger partial charge in [-0.2, -0.15) is 0 Å². The SMILES string of the molecule is COc1c(Br)cc(Cl)cc1C(Br)CC1(OC)CCC1. The van der Waals surface area contributed by atoms with E-state index >= 15 is 0 Å². The first-order valence-electron chi connectivity index (χ1n) is 6.23. The standard InChI is InChI=1S/C14H17Br2ClO2/c1-18-13-10(6-9(17)7-11(13)15)12(16)8-14(19-2)4-3-5-14/h6-7,12H,3-5,8H2,1-2H3. The molecule has 1 aromatic carbocycles. The summed E-state index contributed by atoms with van der Waals surface area (Å²) >= 11 is 13.4. The number of halogens is 3. The number of alkyl halides is 1. The van der Waals surface area contributed by atoms with Gasteiger partial charge in [0.05, 0.1) is 17.2 Å². The van der Waals surface area contributed by atoms with Crippen LogP contribution in [-0.4, -0.2) is 19.8 Å². The maximum atomic E-state index is 6.14. The molecule has 2 rings (SSSR count). The first kappa shape index (κ1) is 15.6. The van der Waals surface area contributed by atoms with Gasteiger partial charge in [0.25, 0.3) is 0 Å². The predicted molar refractivity (Wildman–Crippen MR) is 85.6 cm³/mol. The molecule has 0 saturated heterocycles. The zero-order valence-electron chi connectivity index (χ0n) is 11.0. The Kier molecular flexibility index (Phi) is 5.21. The third-order valence-electron chi connectivity index (χ3n) is 3.83. The van der Waals surface area contributed by atoms with E-state index < -0.39 is 0 Å². The van der Waals surface area contributed by atoms with Gasteiger partial charge in [0.15, 0.2) is 0 Å². The summed E-state index contributed by atoms with van der Waals surface area (Å²) in [7, 11) is 3.47. The quantitative estimate of drug-likeness (QED) is 0.594. The van der Waals surface area contributed by atoms with E-state index in [4.69, 9.17) is 21.1 Å². The number of benzene rings is 1. The van der Waals surface area contributed by atoms with Crippen LogP contribution in [0.25, 0.3) is 0 Å². The van der Waals surface area contributed by atoms with Crippen molar-refractivity contribution < 1.29 is 9.47 Å². The van der Waals surface area contributed by atoms with Crippen LogP contribution in [0.5, 0.6) is 5.75 Å². The molecule has 1 atom stereocenters. The molecule has 0 amide bonds. The maximum Gasteiger partial charge on any atom is 0.137 e.